The summed E-state index contributed by atoms with van der Waals surface area (Å²) in [6.45, 7) is 1.24. The lowest BCUT2D eigenvalue weighted by Crippen LogP contribution is -2.49. The summed E-state index contributed by atoms with van der Waals surface area (Å²) in [5, 5.41) is 21.5. The Balaban J connectivity index is 2.12. The van der Waals surface area contributed by atoms with Gasteiger partial charge < -0.3 is 31.1 Å². The van der Waals surface area contributed by atoms with Gasteiger partial charge in [-0.15, -0.1) is 0 Å². The molecule has 0 aromatic carbocycles. The van der Waals surface area contributed by atoms with Crippen LogP contribution in [0.5, 0.6) is 0 Å². The number of aliphatic hydroxyl groups is 2. The van der Waals surface area contributed by atoms with E-state index in [1.54, 1.807) is 0 Å². The Morgan fingerprint density at radius 1 is 1.29 bits per heavy atom. The van der Waals surface area contributed by atoms with E-state index in [0.717, 1.165) is 4.57 Å². The highest BCUT2D eigenvalue weighted by molar-refractivity contribution is 5.87. The van der Waals surface area contributed by atoms with Crippen LogP contribution in [0.1, 0.15) is 25.8 Å². The number of carbonyl (C=O) groups excluding carboxylic acids is 2. The molecule has 2 aromatic rings. The average Bonchev–Trinajstić information content (AvgIpc) is 3.05. The van der Waals surface area contributed by atoms with Crippen LogP contribution < -0.4 is 22.7 Å². The van der Waals surface area contributed by atoms with E-state index < -0.39 is 46.9 Å². The van der Waals surface area contributed by atoms with Gasteiger partial charge in [-0.05, 0) is 6.92 Å². The van der Waals surface area contributed by atoms with Gasteiger partial charge in [-0.1, -0.05) is 0 Å². The number of nitrogens with two attached hydrogens (primary N) is 2. The molecule has 31 heavy (non-hydrogen) atoms. The molecular formula is C18H27N7O6. The number of amides is 2. The number of carbonyl (C=O) groups is 2. The van der Waals surface area contributed by atoms with Crippen LogP contribution in [0.3, 0.4) is 0 Å². The molecule has 0 aliphatic carbocycles. The molecule has 1 aliphatic heterocycles. The van der Waals surface area contributed by atoms with Crippen LogP contribution in [-0.4, -0.2) is 76.4 Å². The third-order valence-electron chi connectivity index (χ3n) is 5.75. The Morgan fingerprint density at radius 2 is 1.94 bits per heavy atom. The van der Waals surface area contributed by atoms with Crippen LogP contribution in [-0.2, 0) is 23.7 Å². The van der Waals surface area contributed by atoms with Crippen LogP contribution in [0.15, 0.2) is 15.9 Å². The number of primary amides is 1. The molecule has 13 nitrogen and oxygen atoms in total. The normalized spacial score (nSPS) is 25.4. The summed E-state index contributed by atoms with van der Waals surface area (Å²) < 4.78 is 3.54. The number of aliphatic hydroxyl groups excluding tert-OH is 1. The van der Waals surface area contributed by atoms with Gasteiger partial charge in [0.1, 0.15) is 0 Å². The predicted octanol–water partition coefficient (Wildman–Crippen LogP) is -3.48. The van der Waals surface area contributed by atoms with E-state index in [1.807, 2.05) is 0 Å². The molecule has 3 rings (SSSR count). The Hall–Kier alpha value is -3.03. The second-order valence-corrected chi connectivity index (χ2v) is 8.28. The lowest BCUT2D eigenvalue weighted by molar-refractivity contribution is -0.136. The summed E-state index contributed by atoms with van der Waals surface area (Å²) in [5.74, 6) is -1.37. The van der Waals surface area contributed by atoms with Gasteiger partial charge >= 0.3 is 5.69 Å². The Labute approximate surface area is 176 Å². The molecule has 0 radical (unpaired) electrons. The fraction of sp³-hybridized carbons (Fsp3) is 0.611. The van der Waals surface area contributed by atoms with Crippen molar-refractivity contribution in [2.24, 2.45) is 25.6 Å². The quantitative estimate of drug-likeness (QED) is 0.379. The van der Waals surface area contributed by atoms with Crippen molar-refractivity contribution in [1.82, 2.24) is 23.6 Å². The van der Waals surface area contributed by atoms with Crippen LogP contribution in [0.2, 0.25) is 0 Å². The number of hydrogen-bond donors (Lipinski definition) is 4. The van der Waals surface area contributed by atoms with Gasteiger partial charge in [0.25, 0.3) is 5.56 Å². The molecule has 0 spiro atoms. The zero-order valence-corrected chi connectivity index (χ0v) is 17.6. The van der Waals surface area contributed by atoms with Gasteiger partial charge in [-0.2, -0.15) is 0 Å². The average molecular weight is 437 g/mol. The van der Waals surface area contributed by atoms with E-state index in [0.29, 0.717) is 0 Å². The summed E-state index contributed by atoms with van der Waals surface area (Å²) in [6.07, 6.45) is -0.234. The minimum absolute atomic E-state index is 0.0695. The molecule has 0 bridgehead atoms. The van der Waals surface area contributed by atoms with Crippen molar-refractivity contribution in [1.29, 1.82) is 0 Å². The molecule has 1 saturated heterocycles. The molecule has 1 aliphatic rings. The van der Waals surface area contributed by atoms with E-state index in [1.165, 1.54) is 41.4 Å². The third-order valence-corrected chi connectivity index (χ3v) is 5.75. The summed E-state index contributed by atoms with van der Waals surface area (Å²) >= 11 is 0. The molecule has 6 N–H and O–H groups in total. The minimum Gasteiger partial charge on any atom is -0.391 e. The standard InChI is InChI=1S/C18H27N7O6/c1-18(31)5-9(26)6-24(15(28)10(19)4-12(20)27)7-11(18)25-8-21-14-13(25)16(29)23(3)17(30)22(14)2/h8-11,26,31H,4-7,19H2,1-3H3,(H2,20,27)/t9-,10-,11+,18+/m1/s1. The SMILES string of the molecule is Cn1c(=O)c2c(ncn2[C@H]2CN(C(=O)[C@H](N)CC(N)=O)C[C@H](O)C[C@]2(C)O)n(C)c1=O. The Kier molecular flexibility index (Phi) is 5.78. The monoisotopic (exact) mass is 437 g/mol. The smallest absolute Gasteiger partial charge is 0.332 e. The fourth-order valence-corrected chi connectivity index (χ4v) is 4.12. The van der Waals surface area contributed by atoms with Gasteiger partial charge in [0, 0.05) is 33.6 Å². The Bertz CT molecular complexity index is 1150. The van der Waals surface area contributed by atoms with Crippen LogP contribution in [0.4, 0.5) is 0 Å². The lowest BCUT2D eigenvalue weighted by atomic mass is 9.91. The summed E-state index contributed by atoms with van der Waals surface area (Å²) in [7, 11) is 2.80. The minimum atomic E-state index is -1.55. The van der Waals surface area contributed by atoms with E-state index in [4.69, 9.17) is 11.5 Å². The molecular weight excluding hydrogens is 410 g/mol. The topological polar surface area (TPSA) is 192 Å². The largest absolute Gasteiger partial charge is 0.391 e. The van der Waals surface area contributed by atoms with Crippen molar-refractivity contribution in [3.8, 4) is 0 Å². The highest BCUT2D eigenvalue weighted by atomic mass is 16.3. The van der Waals surface area contributed by atoms with Crippen molar-refractivity contribution in [3.05, 3.63) is 27.2 Å². The van der Waals surface area contributed by atoms with Crippen molar-refractivity contribution < 1.29 is 19.8 Å². The first-order chi connectivity index (χ1) is 14.3. The Morgan fingerprint density at radius 3 is 2.55 bits per heavy atom. The maximum absolute atomic E-state index is 12.8. The molecule has 4 atom stereocenters. The van der Waals surface area contributed by atoms with Crippen molar-refractivity contribution in [3.63, 3.8) is 0 Å². The maximum Gasteiger partial charge on any atom is 0.332 e. The molecule has 13 heteroatoms. The van der Waals surface area contributed by atoms with E-state index in [2.05, 4.69) is 4.98 Å². The number of fused-ring (bicyclic) bond motifs is 1. The zero-order chi connectivity index (χ0) is 23.2. The molecule has 2 aromatic heterocycles. The first-order valence-electron chi connectivity index (χ1n) is 9.70. The van der Waals surface area contributed by atoms with E-state index in [9.17, 15) is 29.4 Å². The van der Waals surface area contributed by atoms with Crippen LogP contribution in [0.25, 0.3) is 11.2 Å². The van der Waals surface area contributed by atoms with Crippen LogP contribution in [0, 0.1) is 0 Å². The summed E-state index contributed by atoms with van der Waals surface area (Å²) in [5.41, 5.74) is 8.41. The fourth-order valence-electron chi connectivity index (χ4n) is 4.12. The second kappa shape index (κ2) is 7.90. The molecule has 0 saturated carbocycles. The number of hydrogen-bond acceptors (Lipinski definition) is 8. The maximum atomic E-state index is 12.8. The number of aryl methyl sites for hydroxylation is 1. The van der Waals surface area contributed by atoms with Gasteiger partial charge in [0.15, 0.2) is 11.2 Å². The van der Waals surface area contributed by atoms with Crippen molar-refractivity contribution in [2.75, 3.05) is 13.1 Å². The van der Waals surface area contributed by atoms with Gasteiger partial charge in [-0.3, -0.25) is 23.5 Å². The number of aromatic nitrogens is 4. The summed E-state index contributed by atoms with van der Waals surface area (Å²) in [4.78, 5) is 54.4. The van der Waals surface area contributed by atoms with Gasteiger partial charge in [0.05, 0.1) is 36.5 Å². The zero-order valence-electron chi connectivity index (χ0n) is 17.6. The van der Waals surface area contributed by atoms with Gasteiger partial charge in [0.2, 0.25) is 11.8 Å². The third kappa shape index (κ3) is 3.98. The first-order valence-corrected chi connectivity index (χ1v) is 9.70. The highest BCUT2D eigenvalue weighted by Crippen LogP contribution is 2.33. The summed E-state index contributed by atoms with van der Waals surface area (Å²) in [6, 6.07) is -2.11. The van der Waals surface area contributed by atoms with E-state index >= 15 is 0 Å². The number of β-amino-alcohol motifs (C(OH)–C–C–N with tert-alkyl or cyclic N) is 1. The number of rotatable bonds is 4. The molecule has 3 heterocycles. The molecule has 170 valence electrons. The van der Waals surface area contributed by atoms with Crippen LogP contribution >= 0.6 is 0 Å². The molecule has 1 fully saturated rings. The number of imidazole rings is 1. The van der Waals surface area contributed by atoms with Crippen molar-refractivity contribution in [2.45, 2.75) is 43.6 Å². The van der Waals surface area contributed by atoms with Gasteiger partial charge in [-0.25, -0.2) is 9.78 Å². The second-order valence-electron chi connectivity index (χ2n) is 8.28. The molecule has 2 amide bonds. The number of likely N-dealkylation sites (tertiary alicyclic amines) is 1. The van der Waals surface area contributed by atoms with E-state index in [-0.39, 0.29) is 37.1 Å². The number of nitrogens with zero attached hydrogens (tertiary/aromatic N) is 5. The van der Waals surface area contributed by atoms with Crippen molar-refractivity contribution >= 4 is 23.0 Å². The predicted molar refractivity (Wildman–Crippen MR) is 109 cm³/mol. The highest BCUT2D eigenvalue weighted by Gasteiger charge is 2.43. The lowest BCUT2D eigenvalue weighted by Gasteiger charge is -2.34. The molecule has 0 unspecified atom stereocenters. The first kappa shape index (κ1) is 22.7.